The lowest BCUT2D eigenvalue weighted by Crippen LogP contribution is -2.28. The van der Waals surface area contributed by atoms with Crippen molar-refractivity contribution in [2.75, 3.05) is 7.05 Å². The van der Waals surface area contributed by atoms with E-state index in [9.17, 15) is 4.79 Å². The highest BCUT2D eigenvalue weighted by atomic mass is 35.5. The fourth-order valence-corrected chi connectivity index (χ4v) is 4.09. The second-order valence-electron chi connectivity index (χ2n) is 9.26. The third-order valence-electron chi connectivity index (χ3n) is 5.70. The van der Waals surface area contributed by atoms with Crippen LogP contribution in [0.4, 0.5) is 0 Å². The highest BCUT2D eigenvalue weighted by molar-refractivity contribution is 6.29. The molecule has 1 aromatic carbocycles. The summed E-state index contributed by atoms with van der Waals surface area (Å²) in [5, 5.41) is 14.8. The van der Waals surface area contributed by atoms with Gasteiger partial charge in [-0.15, -0.1) is 0 Å². The Morgan fingerprint density at radius 3 is 2.45 bits per heavy atom. The molecule has 0 bridgehead atoms. The molecule has 1 unspecified atom stereocenters. The summed E-state index contributed by atoms with van der Waals surface area (Å²) >= 11 is 6.34. The molecular formula is C22H29ClN8O2. The van der Waals surface area contributed by atoms with Crippen molar-refractivity contribution in [3.63, 3.8) is 0 Å². The summed E-state index contributed by atoms with van der Waals surface area (Å²) in [6, 6.07) is 6.10. The summed E-state index contributed by atoms with van der Waals surface area (Å²) in [6.45, 7) is 10.4. The fraction of sp³-hybridized carbons (Fsp3) is 0.455. The molecule has 4 rings (SSSR count). The number of aryl methyl sites for hydroxylation is 2. The van der Waals surface area contributed by atoms with E-state index in [2.05, 4.69) is 27.0 Å². The van der Waals surface area contributed by atoms with Gasteiger partial charge in [-0.3, -0.25) is 4.68 Å². The molecule has 10 nitrogen and oxygen atoms in total. The van der Waals surface area contributed by atoms with E-state index in [0.29, 0.717) is 10.8 Å². The van der Waals surface area contributed by atoms with Crippen LogP contribution in [0.5, 0.6) is 5.75 Å². The number of aromatic nitrogens is 6. The van der Waals surface area contributed by atoms with Gasteiger partial charge in [-0.05, 0) is 67.8 Å². The number of halogens is 1. The second-order valence-corrected chi connectivity index (χ2v) is 9.62. The van der Waals surface area contributed by atoms with Gasteiger partial charge in [0.15, 0.2) is 0 Å². The average Bonchev–Trinajstić information content (AvgIpc) is 3.39. The van der Waals surface area contributed by atoms with Crippen LogP contribution in [-0.2, 0) is 19.2 Å². The normalized spacial score (nSPS) is 16.7. The van der Waals surface area contributed by atoms with E-state index in [0.717, 1.165) is 28.1 Å². The first kappa shape index (κ1) is 23.1. The Hall–Kier alpha value is -3.11. The number of hydrogen-bond acceptors (Lipinski definition) is 7. The van der Waals surface area contributed by atoms with Crippen molar-refractivity contribution in [3.05, 3.63) is 62.4 Å². The summed E-state index contributed by atoms with van der Waals surface area (Å²) < 4.78 is 10.5. The molecule has 1 atom stereocenters. The fourth-order valence-electron chi connectivity index (χ4n) is 3.94. The topological polar surface area (TPSA) is 95.0 Å². The largest absolute Gasteiger partial charge is 0.487 e. The number of tetrazole rings is 1. The van der Waals surface area contributed by atoms with E-state index < -0.39 is 0 Å². The molecule has 0 saturated carbocycles. The summed E-state index contributed by atoms with van der Waals surface area (Å²) in [7, 11) is 3.46. The van der Waals surface area contributed by atoms with Gasteiger partial charge in [-0.25, -0.2) is 10.2 Å². The molecule has 1 aliphatic heterocycles. The molecule has 176 valence electrons. The monoisotopic (exact) mass is 472 g/mol. The predicted octanol–water partition coefficient (Wildman–Crippen LogP) is 2.77. The van der Waals surface area contributed by atoms with Crippen molar-refractivity contribution < 1.29 is 4.74 Å². The Kier molecular flexibility index (Phi) is 5.83. The summed E-state index contributed by atoms with van der Waals surface area (Å²) in [5.74, 6) is 0.747. The summed E-state index contributed by atoms with van der Waals surface area (Å²) in [4.78, 5) is 12.4. The molecule has 0 amide bonds. The standard InChI is InChI=1S/C22H29ClN8O2/c1-13-10-15(19-14(2)20(23)28(6)25-19)8-9-18(13)33-12-17-16(11-24-31(17)22(3,4)5)30-21(32)29(7)26-27-30/h8-11,19,25H,12H2,1-7H3. The van der Waals surface area contributed by atoms with Crippen LogP contribution in [0.15, 0.2) is 39.9 Å². The minimum atomic E-state index is -0.346. The van der Waals surface area contributed by atoms with Gasteiger partial charge in [-0.1, -0.05) is 23.7 Å². The molecule has 0 spiro atoms. The third-order valence-corrected chi connectivity index (χ3v) is 6.26. The Morgan fingerprint density at radius 1 is 1.18 bits per heavy atom. The first-order valence-electron chi connectivity index (χ1n) is 10.7. The van der Waals surface area contributed by atoms with E-state index in [1.165, 1.54) is 9.36 Å². The van der Waals surface area contributed by atoms with Gasteiger partial charge in [0.05, 0.1) is 17.8 Å². The Balaban J connectivity index is 1.63. The van der Waals surface area contributed by atoms with Crippen LogP contribution in [-0.4, -0.2) is 41.6 Å². The van der Waals surface area contributed by atoms with Crippen LogP contribution < -0.4 is 15.9 Å². The van der Waals surface area contributed by atoms with E-state index in [4.69, 9.17) is 16.3 Å². The van der Waals surface area contributed by atoms with Gasteiger partial charge in [0.2, 0.25) is 0 Å². The lowest BCUT2D eigenvalue weighted by molar-refractivity contribution is 0.263. The van der Waals surface area contributed by atoms with Crippen LogP contribution in [0.3, 0.4) is 0 Å². The van der Waals surface area contributed by atoms with E-state index in [-0.39, 0.29) is 23.9 Å². The van der Waals surface area contributed by atoms with Gasteiger partial charge < -0.3 is 9.75 Å². The molecule has 33 heavy (non-hydrogen) atoms. The van der Waals surface area contributed by atoms with Crippen LogP contribution >= 0.6 is 11.6 Å². The van der Waals surface area contributed by atoms with Gasteiger partial charge in [-0.2, -0.15) is 14.5 Å². The molecule has 1 aliphatic rings. The number of benzene rings is 1. The maximum Gasteiger partial charge on any atom is 0.368 e. The van der Waals surface area contributed by atoms with Gasteiger partial charge in [0, 0.05) is 14.1 Å². The van der Waals surface area contributed by atoms with Crippen molar-refractivity contribution in [3.8, 4) is 11.4 Å². The summed E-state index contributed by atoms with van der Waals surface area (Å²) in [6.07, 6.45) is 1.62. The number of hydrogen-bond donors (Lipinski definition) is 1. The van der Waals surface area contributed by atoms with Crippen molar-refractivity contribution in [1.29, 1.82) is 0 Å². The van der Waals surface area contributed by atoms with Gasteiger partial charge in [0.25, 0.3) is 0 Å². The molecule has 0 aliphatic carbocycles. The first-order valence-corrected chi connectivity index (χ1v) is 11.0. The average molecular weight is 473 g/mol. The zero-order valence-corrected chi connectivity index (χ0v) is 20.7. The van der Waals surface area contributed by atoms with Crippen LogP contribution in [0, 0.1) is 6.92 Å². The molecular weight excluding hydrogens is 444 g/mol. The molecule has 0 saturated heterocycles. The molecule has 0 fully saturated rings. The number of nitrogens with one attached hydrogen (secondary N) is 1. The molecule has 3 aromatic rings. The van der Waals surface area contributed by atoms with E-state index >= 15 is 0 Å². The zero-order valence-electron chi connectivity index (χ0n) is 19.9. The molecule has 0 radical (unpaired) electrons. The zero-order chi connectivity index (χ0) is 24.1. The Bertz CT molecular complexity index is 1280. The Labute approximate surface area is 197 Å². The molecule has 1 N–H and O–H groups in total. The minimum Gasteiger partial charge on any atom is -0.487 e. The van der Waals surface area contributed by atoms with E-state index in [1.54, 1.807) is 13.2 Å². The maximum atomic E-state index is 12.4. The third kappa shape index (κ3) is 4.16. The number of ether oxygens (including phenoxy) is 1. The second kappa shape index (κ2) is 8.35. The van der Waals surface area contributed by atoms with Crippen LogP contribution in [0.2, 0.25) is 0 Å². The van der Waals surface area contributed by atoms with Crippen molar-refractivity contribution in [2.45, 2.75) is 52.8 Å². The van der Waals surface area contributed by atoms with Gasteiger partial charge >= 0.3 is 5.69 Å². The van der Waals surface area contributed by atoms with Crippen LogP contribution in [0.25, 0.3) is 5.69 Å². The number of nitrogens with zero attached hydrogens (tertiary/aromatic N) is 7. The first-order chi connectivity index (χ1) is 15.5. The Morgan fingerprint density at radius 2 is 1.91 bits per heavy atom. The van der Waals surface area contributed by atoms with Crippen molar-refractivity contribution >= 4 is 11.6 Å². The van der Waals surface area contributed by atoms with E-state index in [1.807, 2.05) is 63.5 Å². The number of hydrazine groups is 1. The maximum absolute atomic E-state index is 12.4. The highest BCUT2D eigenvalue weighted by Crippen LogP contribution is 2.34. The van der Waals surface area contributed by atoms with Crippen molar-refractivity contribution in [1.82, 2.24) is 40.0 Å². The van der Waals surface area contributed by atoms with Crippen LogP contribution in [0.1, 0.15) is 50.6 Å². The molecule has 2 aromatic heterocycles. The highest BCUT2D eigenvalue weighted by Gasteiger charge is 2.27. The molecule has 11 heteroatoms. The SMILES string of the molecule is CC1=C(Cl)N(C)NC1c1ccc(OCc2c(-n3nnn(C)c3=O)cnn2C(C)(C)C)c(C)c1. The minimum absolute atomic E-state index is 0.0210. The lowest BCUT2D eigenvalue weighted by atomic mass is 10.00. The quantitative estimate of drug-likeness (QED) is 0.570. The predicted molar refractivity (Wildman–Crippen MR) is 125 cm³/mol. The van der Waals surface area contributed by atoms with Gasteiger partial charge in [0.1, 0.15) is 28.9 Å². The lowest BCUT2D eigenvalue weighted by Gasteiger charge is -2.23. The summed E-state index contributed by atoms with van der Waals surface area (Å²) in [5.41, 5.74) is 7.14. The smallest absolute Gasteiger partial charge is 0.368 e. The molecule has 3 heterocycles. The van der Waals surface area contributed by atoms with Crippen molar-refractivity contribution in [2.24, 2.45) is 7.05 Å². The number of rotatable bonds is 5.